The molecule has 1 amide bonds. The fraction of sp³-hybridized carbons (Fsp3) is 0.375. The molecular formula is C16H18F2N2O3. The summed E-state index contributed by atoms with van der Waals surface area (Å²) in [6.07, 6.45) is 1.35. The van der Waals surface area contributed by atoms with E-state index in [1.54, 1.807) is 20.8 Å². The molecule has 0 aromatic heterocycles. The van der Waals surface area contributed by atoms with Crippen LogP contribution in [0.5, 0.6) is 11.5 Å². The van der Waals surface area contributed by atoms with E-state index in [1.807, 2.05) is 6.07 Å². The van der Waals surface area contributed by atoms with Crippen molar-refractivity contribution in [3.63, 3.8) is 0 Å². The normalized spacial score (nSPS) is 11.3. The van der Waals surface area contributed by atoms with E-state index in [1.165, 1.54) is 24.3 Å². The number of rotatable bonds is 7. The van der Waals surface area contributed by atoms with Gasteiger partial charge in [-0.15, -0.1) is 0 Å². The van der Waals surface area contributed by atoms with E-state index in [0.717, 1.165) is 0 Å². The Bertz CT molecular complexity index is 622. The van der Waals surface area contributed by atoms with Gasteiger partial charge in [-0.25, -0.2) is 0 Å². The fourth-order valence-electron chi connectivity index (χ4n) is 1.73. The predicted octanol–water partition coefficient (Wildman–Crippen LogP) is 3.12. The molecule has 0 unspecified atom stereocenters. The molecule has 1 rings (SSSR count). The Morgan fingerprint density at radius 1 is 1.39 bits per heavy atom. The maximum atomic E-state index is 12.3. The molecule has 0 saturated carbocycles. The summed E-state index contributed by atoms with van der Waals surface area (Å²) in [6, 6.07) is 5.89. The SMILES string of the molecule is CCOc1cc(/C=C(\C#N)C(=O)NC(C)C)ccc1OC(F)F. The smallest absolute Gasteiger partial charge is 0.387 e. The standard InChI is InChI=1S/C16H18F2N2O3/c1-4-22-14-8-11(5-6-13(14)23-16(17)18)7-12(9-19)15(21)20-10(2)3/h5-8,10,16H,4H2,1-3H3,(H,20,21)/b12-7+. The van der Waals surface area contributed by atoms with E-state index >= 15 is 0 Å². The van der Waals surface area contributed by atoms with Gasteiger partial charge in [0.05, 0.1) is 6.61 Å². The first kappa shape index (κ1) is 18.4. The summed E-state index contributed by atoms with van der Waals surface area (Å²) in [4.78, 5) is 11.9. The van der Waals surface area contributed by atoms with Gasteiger partial charge in [-0.2, -0.15) is 14.0 Å². The summed E-state index contributed by atoms with van der Waals surface area (Å²) in [6.45, 7) is 2.53. The van der Waals surface area contributed by atoms with Crippen LogP contribution in [0.15, 0.2) is 23.8 Å². The van der Waals surface area contributed by atoms with Crippen molar-refractivity contribution in [2.24, 2.45) is 0 Å². The molecule has 0 spiro atoms. The zero-order valence-corrected chi connectivity index (χ0v) is 13.1. The van der Waals surface area contributed by atoms with Gasteiger partial charge in [0.2, 0.25) is 0 Å². The molecule has 1 aromatic rings. The molecule has 5 nitrogen and oxygen atoms in total. The van der Waals surface area contributed by atoms with E-state index in [9.17, 15) is 13.6 Å². The molecule has 1 aromatic carbocycles. The van der Waals surface area contributed by atoms with Crippen LogP contribution in [0.25, 0.3) is 6.08 Å². The van der Waals surface area contributed by atoms with Crippen LogP contribution in [-0.4, -0.2) is 25.2 Å². The zero-order chi connectivity index (χ0) is 17.4. The molecule has 0 aliphatic carbocycles. The second-order valence-corrected chi connectivity index (χ2v) is 4.82. The lowest BCUT2D eigenvalue weighted by atomic mass is 10.1. The monoisotopic (exact) mass is 324 g/mol. The molecule has 0 heterocycles. The third-order valence-electron chi connectivity index (χ3n) is 2.58. The lowest BCUT2D eigenvalue weighted by molar-refractivity contribution is -0.117. The van der Waals surface area contributed by atoms with Gasteiger partial charge in [0.25, 0.3) is 5.91 Å². The molecule has 0 fully saturated rings. The molecule has 7 heteroatoms. The Morgan fingerprint density at radius 3 is 2.61 bits per heavy atom. The van der Waals surface area contributed by atoms with Crippen molar-refractivity contribution >= 4 is 12.0 Å². The van der Waals surface area contributed by atoms with Crippen LogP contribution in [0.2, 0.25) is 0 Å². The number of hydrogen-bond donors (Lipinski definition) is 1. The molecule has 0 radical (unpaired) electrons. The van der Waals surface area contributed by atoms with Crippen LogP contribution < -0.4 is 14.8 Å². The predicted molar refractivity (Wildman–Crippen MR) is 81.1 cm³/mol. The third-order valence-corrected chi connectivity index (χ3v) is 2.58. The van der Waals surface area contributed by atoms with Crippen LogP contribution in [0, 0.1) is 11.3 Å². The second kappa shape index (κ2) is 8.73. The highest BCUT2D eigenvalue weighted by Crippen LogP contribution is 2.30. The van der Waals surface area contributed by atoms with E-state index in [4.69, 9.17) is 10.00 Å². The van der Waals surface area contributed by atoms with Gasteiger partial charge in [0, 0.05) is 6.04 Å². The van der Waals surface area contributed by atoms with E-state index in [-0.39, 0.29) is 29.7 Å². The number of halogens is 2. The zero-order valence-electron chi connectivity index (χ0n) is 13.1. The Hall–Kier alpha value is -2.62. The van der Waals surface area contributed by atoms with Gasteiger partial charge in [-0.3, -0.25) is 4.79 Å². The van der Waals surface area contributed by atoms with Crippen molar-refractivity contribution < 1.29 is 23.0 Å². The Balaban J connectivity index is 3.12. The van der Waals surface area contributed by atoms with Gasteiger partial charge in [-0.05, 0) is 44.5 Å². The van der Waals surface area contributed by atoms with Crippen LogP contribution in [0.3, 0.4) is 0 Å². The van der Waals surface area contributed by atoms with Gasteiger partial charge < -0.3 is 14.8 Å². The van der Waals surface area contributed by atoms with Gasteiger partial charge >= 0.3 is 6.61 Å². The Morgan fingerprint density at radius 2 is 2.09 bits per heavy atom. The number of hydrogen-bond acceptors (Lipinski definition) is 4. The van der Waals surface area contributed by atoms with Crippen molar-refractivity contribution in [1.29, 1.82) is 5.26 Å². The topological polar surface area (TPSA) is 71.3 Å². The molecular weight excluding hydrogens is 306 g/mol. The van der Waals surface area contributed by atoms with Crippen LogP contribution >= 0.6 is 0 Å². The Kier molecular flexibility index (Phi) is 7.00. The summed E-state index contributed by atoms with van der Waals surface area (Å²) >= 11 is 0. The minimum atomic E-state index is -2.97. The lowest BCUT2D eigenvalue weighted by Crippen LogP contribution is -2.30. The van der Waals surface area contributed by atoms with Crippen molar-refractivity contribution in [3.05, 3.63) is 29.3 Å². The van der Waals surface area contributed by atoms with E-state index in [2.05, 4.69) is 10.1 Å². The highest BCUT2D eigenvalue weighted by molar-refractivity contribution is 6.01. The van der Waals surface area contributed by atoms with E-state index < -0.39 is 12.5 Å². The molecule has 124 valence electrons. The number of ether oxygens (including phenoxy) is 2. The average molecular weight is 324 g/mol. The van der Waals surface area contributed by atoms with Crippen molar-refractivity contribution in [2.45, 2.75) is 33.4 Å². The molecule has 0 saturated heterocycles. The van der Waals surface area contributed by atoms with Gasteiger partial charge in [0.1, 0.15) is 11.6 Å². The number of alkyl halides is 2. The first-order chi connectivity index (χ1) is 10.9. The van der Waals surface area contributed by atoms with Gasteiger partial charge in [-0.1, -0.05) is 6.07 Å². The van der Waals surface area contributed by atoms with Crippen LogP contribution in [0.4, 0.5) is 8.78 Å². The number of nitriles is 1. The van der Waals surface area contributed by atoms with Crippen molar-refractivity contribution in [3.8, 4) is 17.6 Å². The fourth-order valence-corrected chi connectivity index (χ4v) is 1.73. The minimum absolute atomic E-state index is 0.0938. The largest absolute Gasteiger partial charge is 0.490 e. The molecule has 23 heavy (non-hydrogen) atoms. The average Bonchev–Trinajstić information content (AvgIpc) is 2.46. The van der Waals surface area contributed by atoms with Crippen LogP contribution in [0.1, 0.15) is 26.3 Å². The molecule has 0 aliphatic rings. The number of nitrogens with zero attached hydrogens (tertiary/aromatic N) is 1. The number of carbonyl (C=O) groups is 1. The molecule has 0 bridgehead atoms. The molecule has 0 atom stereocenters. The minimum Gasteiger partial charge on any atom is -0.490 e. The highest BCUT2D eigenvalue weighted by atomic mass is 19.3. The first-order valence-electron chi connectivity index (χ1n) is 7.01. The number of benzene rings is 1. The lowest BCUT2D eigenvalue weighted by Gasteiger charge is -2.12. The molecule has 1 N–H and O–H groups in total. The summed E-state index contributed by atoms with van der Waals surface area (Å²) in [5.41, 5.74) is 0.370. The van der Waals surface area contributed by atoms with E-state index in [0.29, 0.717) is 5.56 Å². The van der Waals surface area contributed by atoms with Crippen molar-refractivity contribution in [1.82, 2.24) is 5.32 Å². The van der Waals surface area contributed by atoms with Crippen molar-refractivity contribution in [2.75, 3.05) is 6.61 Å². The molecule has 0 aliphatic heterocycles. The van der Waals surface area contributed by atoms with Gasteiger partial charge in [0.15, 0.2) is 11.5 Å². The summed E-state index contributed by atoms with van der Waals surface area (Å²) in [5.74, 6) is -0.499. The number of amides is 1. The van der Waals surface area contributed by atoms with Crippen LogP contribution in [-0.2, 0) is 4.79 Å². The highest BCUT2D eigenvalue weighted by Gasteiger charge is 2.13. The maximum absolute atomic E-state index is 12.3. The second-order valence-electron chi connectivity index (χ2n) is 4.82. The summed E-state index contributed by atoms with van der Waals surface area (Å²) < 4.78 is 34.3. The number of nitrogens with one attached hydrogen (secondary N) is 1. The third kappa shape index (κ3) is 5.94. The maximum Gasteiger partial charge on any atom is 0.387 e. The summed E-state index contributed by atoms with van der Waals surface area (Å²) in [7, 11) is 0. The summed E-state index contributed by atoms with van der Waals surface area (Å²) in [5, 5.41) is 11.7. The Labute approximate surface area is 133 Å². The number of carbonyl (C=O) groups excluding carboxylic acids is 1. The quantitative estimate of drug-likeness (QED) is 0.618. The first-order valence-corrected chi connectivity index (χ1v) is 7.01.